The van der Waals surface area contributed by atoms with Gasteiger partial charge >= 0.3 is 11.9 Å². The van der Waals surface area contributed by atoms with Crippen LogP contribution in [-0.4, -0.2) is 12.0 Å². The molecule has 1 aromatic carbocycles. The van der Waals surface area contributed by atoms with E-state index in [9.17, 15) is 28.1 Å². The summed E-state index contributed by atoms with van der Waals surface area (Å²) in [4.78, 5) is 22.8. The summed E-state index contributed by atoms with van der Waals surface area (Å²) >= 11 is 0. The smallest absolute Gasteiger partial charge is 0.449 e. The van der Waals surface area contributed by atoms with Crippen molar-refractivity contribution in [3.8, 4) is 5.75 Å². The van der Waals surface area contributed by atoms with Crippen molar-refractivity contribution in [1.82, 2.24) is 0 Å². The number of benzene rings is 1. The van der Waals surface area contributed by atoms with Crippen LogP contribution < -0.4 is 10.2 Å². The Hall–Kier alpha value is -2.58. The molecule has 1 aliphatic rings. The third-order valence-corrected chi connectivity index (χ3v) is 4.44. The monoisotopic (exact) mass is 357 g/mol. The largest absolute Gasteiger partial charge is 0.490 e. The molecule has 0 aliphatic heterocycles. The van der Waals surface area contributed by atoms with E-state index < -0.39 is 33.4 Å². The zero-order valence-corrected chi connectivity index (χ0v) is 13.2. The minimum absolute atomic E-state index is 0.135. The predicted octanol–water partition coefficient (Wildman–Crippen LogP) is 4.39. The number of methoxy groups -OCH3 is 1. The lowest BCUT2D eigenvalue weighted by Crippen LogP contribution is -2.14. The first-order valence-corrected chi connectivity index (χ1v) is 7.64. The molecule has 0 spiro atoms. The molecule has 0 unspecified atom stereocenters. The minimum Gasteiger partial charge on any atom is -0.490 e. The van der Waals surface area contributed by atoms with Gasteiger partial charge in [0.25, 0.3) is 0 Å². The molecule has 0 bridgehead atoms. The van der Waals surface area contributed by atoms with Gasteiger partial charge in [-0.05, 0) is 24.8 Å². The van der Waals surface area contributed by atoms with Crippen molar-refractivity contribution in [2.45, 2.75) is 37.8 Å². The van der Waals surface area contributed by atoms with Crippen molar-refractivity contribution in [3.05, 3.63) is 43.8 Å². The molecule has 1 aromatic heterocycles. The van der Waals surface area contributed by atoms with Crippen LogP contribution in [0.4, 0.5) is 18.9 Å². The lowest BCUT2D eigenvalue weighted by molar-refractivity contribution is -0.384. The Kier molecular flexibility index (Phi) is 4.18. The molecule has 0 radical (unpaired) electrons. The Balaban J connectivity index is 2.44. The summed E-state index contributed by atoms with van der Waals surface area (Å²) in [5.74, 6) is -1.76. The van der Waals surface area contributed by atoms with Crippen LogP contribution in [0, 0.1) is 10.1 Å². The van der Waals surface area contributed by atoms with Gasteiger partial charge < -0.3 is 9.15 Å². The highest BCUT2D eigenvalue weighted by molar-refractivity contribution is 5.92. The van der Waals surface area contributed by atoms with E-state index in [4.69, 9.17) is 9.15 Å². The van der Waals surface area contributed by atoms with Crippen LogP contribution in [0.15, 0.2) is 21.3 Å². The first kappa shape index (κ1) is 17.2. The van der Waals surface area contributed by atoms with E-state index in [2.05, 4.69) is 0 Å². The molecule has 134 valence electrons. The van der Waals surface area contributed by atoms with E-state index in [1.54, 1.807) is 0 Å². The molecule has 1 saturated carbocycles. The van der Waals surface area contributed by atoms with Gasteiger partial charge in [-0.15, -0.1) is 0 Å². The highest BCUT2D eigenvalue weighted by Crippen LogP contribution is 2.44. The molecule has 25 heavy (non-hydrogen) atoms. The summed E-state index contributed by atoms with van der Waals surface area (Å²) in [5.41, 5.74) is -1.82. The Bertz CT molecular complexity index is 897. The van der Waals surface area contributed by atoms with Crippen molar-refractivity contribution in [2.24, 2.45) is 0 Å². The molecule has 1 aliphatic carbocycles. The second kappa shape index (κ2) is 6.05. The number of fused-ring (bicyclic) bond motifs is 1. The van der Waals surface area contributed by atoms with Gasteiger partial charge in [0.2, 0.25) is 5.76 Å². The van der Waals surface area contributed by atoms with Gasteiger partial charge in [0.15, 0.2) is 11.2 Å². The summed E-state index contributed by atoms with van der Waals surface area (Å²) in [5, 5.41) is 10.9. The lowest BCUT2D eigenvalue weighted by Gasteiger charge is -2.15. The maximum atomic E-state index is 13.0. The van der Waals surface area contributed by atoms with Crippen LogP contribution in [-0.2, 0) is 6.18 Å². The topological polar surface area (TPSA) is 82.6 Å². The van der Waals surface area contributed by atoms with E-state index in [1.807, 2.05) is 0 Å². The number of halogens is 3. The molecule has 0 N–H and O–H groups in total. The van der Waals surface area contributed by atoms with Crippen LogP contribution >= 0.6 is 0 Å². The Labute approximate surface area is 139 Å². The quantitative estimate of drug-likeness (QED) is 0.601. The van der Waals surface area contributed by atoms with Crippen LogP contribution in [0.25, 0.3) is 11.0 Å². The minimum atomic E-state index is -4.87. The second-order valence-electron chi connectivity index (χ2n) is 5.93. The molecule has 0 saturated heterocycles. The fraction of sp³-hybridized carbons (Fsp3) is 0.438. The molecule has 6 nitrogen and oxygen atoms in total. The van der Waals surface area contributed by atoms with Crippen LogP contribution in [0.1, 0.15) is 42.9 Å². The highest BCUT2D eigenvalue weighted by Gasteiger charge is 2.37. The fourth-order valence-electron chi connectivity index (χ4n) is 3.34. The zero-order chi connectivity index (χ0) is 18.4. The number of hydrogen-bond acceptors (Lipinski definition) is 5. The zero-order valence-electron chi connectivity index (χ0n) is 13.2. The van der Waals surface area contributed by atoms with E-state index in [0.29, 0.717) is 18.4 Å². The standard InChI is InChI=1S/C16H14F3NO5/c1-24-11-6-9(8-4-2-3-5-8)15-13(14(11)20(22)23)10(21)7-12(25-15)16(17,18)19/h6-8H,2-5H2,1H3. The second-order valence-corrected chi connectivity index (χ2v) is 5.93. The number of nitrogens with zero attached hydrogens (tertiary/aromatic N) is 1. The van der Waals surface area contributed by atoms with E-state index >= 15 is 0 Å². The number of ether oxygens (including phenoxy) is 1. The number of rotatable bonds is 3. The summed E-state index contributed by atoms with van der Waals surface area (Å²) in [7, 11) is 1.21. The number of alkyl halides is 3. The molecule has 0 atom stereocenters. The van der Waals surface area contributed by atoms with Gasteiger partial charge in [-0.3, -0.25) is 14.9 Å². The molecule has 1 heterocycles. The molecule has 1 fully saturated rings. The molecule has 9 heteroatoms. The van der Waals surface area contributed by atoms with Crippen molar-refractivity contribution >= 4 is 16.7 Å². The maximum Gasteiger partial charge on any atom is 0.449 e. The van der Waals surface area contributed by atoms with Crippen molar-refractivity contribution < 1.29 is 27.2 Å². The number of nitro benzene ring substituents is 1. The Morgan fingerprint density at radius 1 is 1.28 bits per heavy atom. The van der Waals surface area contributed by atoms with Gasteiger partial charge in [-0.2, -0.15) is 13.2 Å². The average molecular weight is 357 g/mol. The van der Waals surface area contributed by atoms with Gasteiger partial charge in [-0.1, -0.05) is 12.8 Å². The predicted molar refractivity (Wildman–Crippen MR) is 81.9 cm³/mol. The van der Waals surface area contributed by atoms with Gasteiger partial charge in [0.05, 0.1) is 12.0 Å². The molecule has 2 aromatic rings. The fourth-order valence-corrected chi connectivity index (χ4v) is 3.34. The summed E-state index contributed by atoms with van der Waals surface area (Å²) in [6, 6.07) is 1.56. The van der Waals surface area contributed by atoms with E-state index in [0.717, 1.165) is 12.8 Å². The first-order chi connectivity index (χ1) is 11.7. The molecule has 0 amide bonds. The molecular weight excluding hydrogens is 343 g/mol. The number of hydrogen-bond donors (Lipinski definition) is 0. The van der Waals surface area contributed by atoms with Crippen molar-refractivity contribution in [1.29, 1.82) is 0 Å². The van der Waals surface area contributed by atoms with Crippen molar-refractivity contribution in [2.75, 3.05) is 7.11 Å². The highest BCUT2D eigenvalue weighted by atomic mass is 19.4. The third kappa shape index (κ3) is 2.94. The van der Waals surface area contributed by atoms with Crippen molar-refractivity contribution in [3.63, 3.8) is 0 Å². The Morgan fingerprint density at radius 2 is 1.92 bits per heavy atom. The summed E-state index contributed by atoms with van der Waals surface area (Å²) < 4.78 is 49.0. The average Bonchev–Trinajstić information content (AvgIpc) is 3.06. The van der Waals surface area contributed by atoms with Gasteiger partial charge in [0.1, 0.15) is 11.0 Å². The Morgan fingerprint density at radius 3 is 2.44 bits per heavy atom. The molecular formula is C16H14F3NO5. The van der Waals surface area contributed by atoms with Crippen LogP contribution in [0.3, 0.4) is 0 Å². The van der Waals surface area contributed by atoms with E-state index in [-0.39, 0.29) is 23.3 Å². The number of nitro groups is 1. The summed E-state index contributed by atoms with van der Waals surface area (Å²) in [6.07, 6.45) is -1.69. The third-order valence-electron chi connectivity index (χ3n) is 4.44. The van der Waals surface area contributed by atoms with Crippen LogP contribution in [0.2, 0.25) is 0 Å². The molecule has 3 rings (SSSR count). The van der Waals surface area contributed by atoms with Gasteiger partial charge in [-0.25, -0.2) is 0 Å². The normalized spacial score (nSPS) is 15.7. The lowest BCUT2D eigenvalue weighted by atomic mass is 9.94. The van der Waals surface area contributed by atoms with Gasteiger partial charge in [0, 0.05) is 11.6 Å². The van der Waals surface area contributed by atoms with Crippen LogP contribution in [0.5, 0.6) is 5.75 Å². The van der Waals surface area contributed by atoms with E-state index in [1.165, 1.54) is 13.2 Å². The first-order valence-electron chi connectivity index (χ1n) is 7.64. The summed E-state index contributed by atoms with van der Waals surface area (Å²) in [6.45, 7) is 0. The SMILES string of the molecule is COc1cc(C2CCCC2)c2oc(C(F)(F)F)cc(=O)c2c1[N+](=O)[O-]. The maximum absolute atomic E-state index is 13.0.